The van der Waals surface area contributed by atoms with Crippen LogP contribution in [0.5, 0.6) is 11.5 Å². The van der Waals surface area contributed by atoms with Crippen LogP contribution in [-0.2, 0) is 15.0 Å². The van der Waals surface area contributed by atoms with Crippen LogP contribution in [0.2, 0.25) is 0 Å². The van der Waals surface area contributed by atoms with Gasteiger partial charge in [0.2, 0.25) is 5.91 Å². The molecule has 0 aromatic heterocycles. The molecule has 29 heavy (non-hydrogen) atoms. The van der Waals surface area contributed by atoms with Gasteiger partial charge in [0.15, 0.2) is 6.61 Å². The third kappa shape index (κ3) is 5.08. The van der Waals surface area contributed by atoms with Crippen molar-refractivity contribution in [3.05, 3.63) is 48.0 Å². The summed E-state index contributed by atoms with van der Waals surface area (Å²) in [6.07, 6.45) is 0.387. The summed E-state index contributed by atoms with van der Waals surface area (Å²) in [5, 5.41) is 2.81. The number of carbonyl (C=O) groups is 2. The molecule has 1 aliphatic rings. The van der Waals surface area contributed by atoms with E-state index in [0.717, 1.165) is 5.75 Å². The van der Waals surface area contributed by atoms with E-state index >= 15 is 0 Å². The summed E-state index contributed by atoms with van der Waals surface area (Å²) in [5.41, 5.74) is 2.61. The topological polar surface area (TPSA) is 67.9 Å². The fraction of sp³-hybridized carbons (Fsp3) is 0.391. The highest BCUT2D eigenvalue weighted by molar-refractivity contribution is 5.99. The molecule has 6 heteroatoms. The van der Waals surface area contributed by atoms with Gasteiger partial charge in [-0.1, -0.05) is 39.8 Å². The Morgan fingerprint density at radius 1 is 1.17 bits per heavy atom. The van der Waals surface area contributed by atoms with E-state index in [0.29, 0.717) is 36.7 Å². The fourth-order valence-corrected chi connectivity index (χ4v) is 3.08. The van der Waals surface area contributed by atoms with Gasteiger partial charge in [0.25, 0.3) is 5.91 Å². The van der Waals surface area contributed by atoms with Gasteiger partial charge in [-0.2, -0.15) is 0 Å². The van der Waals surface area contributed by atoms with Crippen molar-refractivity contribution in [1.29, 1.82) is 0 Å². The van der Waals surface area contributed by atoms with Gasteiger partial charge in [0.1, 0.15) is 18.1 Å². The molecule has 2 aromatic rings. The van der Waals surface area contributed by atoms with Crippen LogP contribution < -0.4 is 19.7 Å². The Morgan fingerprint density at radius 2 is 1.90 bits per heavy atom. The second kappa shape index (κ2) is 8.55. The minimum Gasteiger partial charge on any atom is -0.492 e. The maximum Gasteiger partial charge on any atom is 0.265 e. The molecule has 0 atom stereocenters. The lowest BCUT2D eigenvalue weighted by Gasteiger charge is -2.29. The van der Waals surface area contributed by atoms with Crippen molar-refractivity contribution in [2.45, 2.75) is 39.5 Å². The van der Waals surface area contributed by atoms with Gasteiger partial charge < -0.3 is 19.7 Å². The van der Waals surface area contributed by atoms with Crippen molar-refractivity contribution < 1.29 is 19.1 Å². The third-order valence-corrected chi connectivity index (χ3v) is 4.81. The average Bonchev–Trinajstić information content (AvgIpc) is 2.69. The monoisotopic (exact) mass is 396 g/mol. The minimum atomic E-state index is -0.136. The molecule has 1 aliphatic heterocycles. The number of fused-ring (bicyclic) bond motifs is 1. The summed E-state index contributed by atoms with van der Waals surface area (Å²) in [5.74, 6) is 1.17. The smallest absolute Gasteiger partial charge is 0.265 e. The van der Waals surface area contributed by atoms with Crippen LogP contribution in [0.15, 0.2) is 42.5 Å². The number of nitrogens with zero attached hydrogens (tertiary/aromatic N) is 1. The molecule has 2 aromatic carbocycles. The molecule has 0 saturated heterocycles. The molecular formula is C23H28N2O4. The summed E-state index contributed by atoms with van der Waals surface area (Å²) < 4.78 is 11.4. The quantitative estimate of drug-likeness (QED) is 0.797. The van der Waals surface area contributed by atoms with E-state index in [1.165, 1.54) is 5.56 Å². The summed E-state index contributed by atoms with van der Waals surface area (Å²) in [6.45, 7) is 9.03. The summed E-state index contributed by atoms with van der Waals surface area (Å²) in [6, 6.07) is 13.3. The molecule has 0 unspecified atom stereocenters. The zero-order valence-electron chi connectivity index (χ0n) is 17.5. The Bertz CT molecular complexity index is 885. The van der Waals surface area contributed by atoms with E-state index in [1.54, 1.807) is 30.0 Å². The Labute approximate surface area is 171 Å². The van der Waals surface area contributed by atoms with E-state index < -0.39 is 0 Å². The van der Waals surface area contributed by atoms with E-state index in [9.17, 15) is 9.59 Å². The molecule has 154 valence electrons. The van der Waals surface area contributed by atoms with Crippen LogP contribution in [0.4, 0.5) is 11.4 Å². The van der Waals surface area contributed by atoms with Crippen LogP contribution in [0.1, 0.15) is 39.7 Å². The van der Waals surface area contributed by atoms with Gasteiger partial charge >= 0.3 is 0 Å². The molecule has 1 heterocycles. The molecule has 0 radical (unpaired) electrons. The number of hydrogen-bond acceptors (Lipinski definition) is 4. The zero-order valence-corrected chi connectivity index (χ0v) is 17.5. The maximum absolute atomic E-state index is 12.4. The van der Waals surface area contributed by atoms with E-state index in [4.69, 9.17) is 9.47 Å². The number of hydrogen-bond donors (Lipinski definition) is 1. The number of rotatable bonds is 6. The number of anilines is 2. The fourth-order valence-electron chi connectivity index (χ4n) is 3.08. The van der Waals surface area contributed by atoms with Crippen LogP contribution in [0.25, 0.3) is 0 Å². The number of amides is 2. The van der Waals surface area contributed by atoms with Crippen LogP contribution >= 0.6 is 0 Å². The Balaban J connectivity index is 1.67. The predicted molar refractivity (Wildman–Crippen MR) is 114 cm³/mol. The van der Waals surface area contributed by atoms with Gasteiger partial charge in [0, 0.05) is 12.1 Å². The molecule has 0 aliphatic carbocycles. The third-order valence-electron chi connectivity index (χ3n) is 4.81. The number of carbonyl (C=O) groups excluding carboxylic acids is 2. The summed E-state index contributed by atoms with van der Waals surface area (Å²) in [4.78, 5) is 25.7. The van der Waals surface area contributed by atoms with Crippen molar-refractivity contribution in [1.82, 2.24) is 0 Å². The summed E-state index contributed by atoms with van der Waals surface area (Å²) in [7, 11) is 0. The lowest BCUT2D eigenvalue weighted by Crippen LogP contribution is -2.41. The van der Waals surface area contributed by atoms with E-state index in [2.05, 4.69) is 38.2 Å². The number of ether oxygens (including phenoxy) is 2. The van der Waals surface area contributed by atoms with Crippen molar-refractivity contribution in [2.24, 2.45) is 0 Å². The standard InChI is InChI=1S/C23H28N2O4/c1-5-21(26)24-17-8-11-20-19(14-17)25(22(27)15-29-20)12-13-28-18-9-6-16(7-10-18)23(2,3)4/h6-11,14H,5,12-13,15H2,1-4H3,(H,24,26). The Morgan fingerprint density at radius 3 is 2.55 bits per heavy atom. The summed E-state index contributed by atoms with van der Waals surface area (Å²) >= 11 is 0. The normalized spacial score (nSPS) is 13.5. The molecule has 3 rings (SSSR count). The number of benzene rings is 2. The first-order chi connectivity index (χ1) is 13.8. The largest absolute Gasteiger partial charge is 0.492 e. The first kappa shape index (κ1) is 20.7. The molecule has 0 spiro atoms. The molecular weight excluding hydrogens is 368 g/mol. The molecule has 0 saturated carbocycles. The van der Waals surface area contributed by atoms with Gasteiger partial charge in [-0.3, -0.25) is 9.59 Å². The van der Waals surface area contributed by atoms with Crippen LogP contribution in [0, 0.1) is 0 Å². The highest BCUT2D eigenvalue weighted by atomic mass is 16.5. The maximum atomic E-state index is 12.4. The molecule has 1 N–H and O–H groups in total. The van der Waals surface area contributed by atoms with E-state index in [1.807, 2.05) is 12.1 Å². The molecule has 0 fully saturated rings. The van der Waals surface area contributed by atoms with Gasteiger partial charge in [-0.05, 0) is 41.3 Å². The highest BCUT2D eigenvalue weighted by Crippen LogP contribution is 2.34. The Kier molecular flexibility index (Phi) is 6.11. The van der Waals surface area contributed by atoms with Crippen molar-refractivity contribution >= 4 is 23.2 Å². The average molecular weight is 396 g/mol. The minimum absolute atomic E-state index is 0.00601. The van der Waals surface area contributed by atoms with Crippen LogP contribution in [-0.4, -0.2) is 31.6 Å². The SMILES string of the molecule is CCC(=O)Nc1ccc2c(c1)N(CCOc1ccc(C(C)(C)C)cc1)C(=O)CO2. The second-order valence-corrected chi connectivity index (χ2v) is 8.04. The lowest BCUT2D eigenvalue weighted by atomic mass is 9.87. The zero-order chi connectivity index (χ0) is 21.0. The second-order valence-electron chi connectivity index (χ2n) is 8.04. The molecule has 6 nitrogen and oxygen atoms in total. The Hall–Kier alpha value is -3.02. The first-order valence-corrected chi connectivity index (χ1v) is 9.88. The predicted octanol–water partition coefficient (Wildman–Crippen LogP) is 4.14. The van der Waals surface area contributed by atoms with Crippen molar-refractivity contribution in [3.8, 4) is 11.5 Å². The molecule has 2 amide bonds. The van der Waals surface area contributed by atoms with Gasteiger partial charge in [0.05, 0.1) is 12.2 Å². The first-order valence-electron chi connectivity index (χ1n) is 9.88. The van der Waals surface area contributed by atoms with Crippen molar-refractivity contribution in [2.75, 3.05) is 30.0 Å². The molecule has 0 bridgehead atoms. The van der Waals surface area contributed by atoms with Crippen LogP contribution in [0.3, 0.4) is 0 Å². The van der Waals surface area contributed by atoms with Gasteiger partial charge in [-0.15, -0.1) is 0 Å². The highest BCUT2D eigenvalue weighted by Gasteiger charge is 2.26. The lowest BCUT2D eigenvalue weighted by molar-refractivity contribution is -0.121. The van der Waals surface area contributed by atoms with Crippen molar-refractivity contribution in [3.63, 3.8) is 0 Å². The van der Waals surface area contributed by atoms with Gasteiger partial charge in [-0.25, -0.2) is 0 Å². The number of nitrogens with one attached hydrogen (secondary N) is 1. The van der Waals surface area contributed by atoms with E-state index in [-0.39, 0.29) is 23.8 Å².